The van der Waals surface area contributed by atoms with Crippen molar-refractivity contribution >= 4 is 47.8 Å². The van der Waals surface area contributed by atoms with Crippen molar-refractivity contribution in [2.45, 2.75) is 32.4 Å². The van der Waals surface area contributed by atoms with Crippen molar-refractivity contribution in [2.75, 3.05) is 20.2 Å². The van der Waals surface area contributed by atoms with Crippen molar-refractivity contribution in [1.82, 2.24) is 10.6 Å². The zero-order valence-corrected chi connectivity index (χ0v) is 24.6. The van der Waals surface area contributed by atoms with Crippen LogP contribution in [0.25, 0.3) is 6.08 Å². The van der Waals surface area contributed by atoms with Crippen LogP contribution in [0.4, 0.5) is 0 Å². The van der Waals surface area contributed by atoms with E-state index >= 15 is 0 Å². The van der Waals surface area contributed by atoms with E-state index in [2.05, 4.69) is 10.6 Å². The molecule has 3 aromatic rings. The average Bonchev–Trinajstić information content (AvgIpc) is 2.97. The molecule has 0 radical (unpaired) electrons. The van der Waals surface area contributed by atoms with Gasteiger partial charge in [0.25, 0.3) is 0 Å². The first-order chi connectivity index (χ1) is 20.1. The Kier molecular flexibility index (Phi) is 12.3. The van der Waals surface area contributed by atoms with Crippen molar-refractivity contribution < 1.29 is 24.4 Å². The monoisotopic (exact) mass is 590 g/mol. The number of aryl methyl sites for hydroxylation is 1. The molecule has 2 amide bonds. The number of amides is 2. The van der Waals surface area contributed by atoms with Crippen LogP contribution in [0.2, 0.25) is 5.02 Å². The van der Waals surface area contributed by atoms with E-state index in [1.165, 1.54) is 6.08 Å². The molecule has 11 heteroatoms. The van der Waals surface area contributed by atoms with E-state index in [1.807, 2.05) is 44.2 Å². The number of nitrogens with zero attached hydrogens (tertiary/aromatic N) is 1. The minimum Gasteiger partial charge on any atom is -0.497 e. The number of carbonyl (C=O) groups excluding carboxylic acids is 2. The number of carbonyl (C=O) groups is 2. The fraction of sp³-hybridized carbons (Fsp3) is 0.258. The Morgan fingerprint density at radius 3 is 2.33 bits per heavy atom. The topological polar surface area (TPSA) is 146 Å². The molecule has 0 saturated carbocycles. The molecule has 3 aromatic carbocycles. The summed E-state index contributed by atoms with van der Waals surface area (Å²) in [4.78, 5) is 29.9. The molecule has 0 aliphatic heterocycles. The normalized spacial score (nSPS) is 13.0. The number of ether oxygens (including phenoxy) is 1. The highest BCUT2D eigenvalue weighted by atomic mass is 35.5. The van der Waals surface area contributed by atoms with Crippen molar-refractivity contribution in [2.24, 2.45) is 10.7 Å². The van der Waals surface area contributed by atoms with Crippen LogP contribution in [0.1, 0.15) is 35.6 Å². The molecule has 0 aromatic heterocycles. The number of hydrogen-bond acceptors (Lipinski definition) is 7. The first-order valence-electron chi connectivity index (χ1n) is 13.5. The lowest BCUT2D eigenvalue weighted by molar-refractivity contribution is -0.122. The number of methoxy groups -OCH3 is 1. The van der Waals surface area contributed by atoms with Crippen LogP contribution >= 0.6 is 11.6 Å². The van der Waals surface area contributed by atoms with Crippen LogP contribution in [0, 0.1) is 6.92 Å². The van der Waals surface area contributed by atoms with Crippen LogP contribution < -0.4 is 26.6 Å². The first kappa shape index (κ1) is 32.6. The summed E-state index contributed by atoms with van der Waals surface area (Å²) in [6.45, 7) is 4.26. The van der Waals surface area contributed by atoms with E-state index in [9.17, 15) is 9.59 Å². The predicted octanol–water partition coefficient (Wildman–Crippen LogP) is 2.23. The molecule has 42 heavy (non-hydrogen) atoms. The number of aliphatic imine (C=N–C) groups is 1. The van der Waals surface area contributed by atoms with Gasteiger partial charge in [-0.25, -0.2) is 0 Å². The number of benzene rings is 3. The zero-order valence-electron chi connectivity index (χ0n) is 23.9. The Morgan fingerprint density at radius 1 is 1.05 bits per heavy atom. The van der Waals surface area contributed by atoms with Gasteiger partial charge in [-0.1, -0.05) is 54.1 Å². The van der Waals surface area contributed by atoms with Crippen LogP contribution in [-0.4, -0.2) is 67.0 Å². The second-order valence-electron chi connectivity index (χ2n) is 9.81. The Hall–Kier alpha value is -3.96. The molecule has 0 saturated heterocycles. The molecule has 1 unspecified atom stereocenters. The fourth-order valence-corrected chi connectivity index (χ4v) is 4.19. The van der Waals surface area contributed by atoms with Crippen LogP contribution in [0.15, 0.2) is 77.8 Å². The van der Waals surface area contributed by atoms with Crippen molar-refractivity contribution in [3.8, 4) is 5.75 Å². The summed E-state index contributed by atoms with van der Waals surface area (Å²) in [6.07, 6.45) is 3.03. The first-order valence-corrected chi connectivity index (χ1v) is 13.9. The van der Waals surface area contributed by atoms with Crippen LogP contribution in [0.3, 0.4) is 0 Å². The van der Waals surface area contributed by atoms with Gasteiger partial charge >= 0.3 is 7.12 Å². The molecule has 9 nitrogen and oxygen atoms in total. The van der Waals surface area contributed by atoms with Gasteiger partial charge in [0, 0.05) is 41.4 Å². The summed E-state index contributed by atoms with van der Waals surface area (Å²) < 4.78 is 5.44. The summed E-state index contributed by atoms with van der Waals surface area (Å²) in [5.74, 6) is 0.119. The average molecular weight is 591 g/mol. The molecule has 6 N–H and O–H groups in total. The molecule has 0 heterocycles. The van der Waals surface area contributed by atoms with Gasteiger partial charge in [0.2, 0.25) is 11.8 Å². The van der Waals surface area contributed by atoms with Gasteiger partial charge in [-0.2, -0.15) is 0 Å². The van der Waals surface area contributed by atoms with Gasteiger partial charge < -0.3 is 31.2 Å². The van der Waals surface area contributed by atoms with Gasteiger partial charge in [0.1, 0.15) is 5.75 Å². The molecular weight excluding hydrogens is 555 g/mol. The third kappa shape index (κ3) is 9.85. The summed E-state index contributed by atoms with van der Waals surface area (Å²) in [5, 5.41) is 24.5. The lowest BCUT2D eigenvalue weighted by atomic mass is 9.80. The van der Waals surface area contributed by atoms with Gasteiger partial charge in [-0.3, -0.25) is 14.6 Å². The highest BCUT2D eigenvalue weighted by Crippen LogP contribution is 2.23. The third-order valence-corrected chi connectivity index (χ3v) is 6.77. The minimum atomic E-state index is -1.54. The van der Waals surface area contributed by atoms with E-state index in [4.69, 9.17) is 37.1 Å². The smallest absolute Gasteiger partial charge is 0.488 e. The Labute approximate surface area is 251 Å². The quantitative estimate of drug-likeness (QED) is 0.0893. The lowest BCUT2D eigenvalue weighted by Crippen LogP contribution is -2.39. The zero-order chi connectivity index (χ0) is 30.6. The van der Waals surface area contributed by atoms with Gasteiger partial charge in [-0.15, -0.1) is 0 Å². The van der Waals surface area contributed by atoms with Crippen molar-refractivity contribution in [3.63, 3.8) is 0 Å². The van der Waals surface area contributed by atoms with Crippen molar-refractivity contribution in [1.29, 1.82) is 0 Å². The Bertz CT molecular complexity index is 1410. The van der Waals surface area contributed by atoms with Gasteiger partial charge in [0.05, 0.1) is 25.3 Å². The lowest BCUT2D eigenvalue weighted by Gasteiger charge is -2.20. The highest BCUT2D eigenvalue weighted by molar-refractivity contribution is 6.58. The maximum Gasteiger partial charge on any atom is 0.488 e. The Morgan fingerprint density at radius 2 is 1.71 bits per heavy atom. The molecule has 220 valence electrons. The molecule has 2 atom stereocenters. The SMILES string of the molecule is COc1ccc(C)c(C(=N[C@@H](CC(=O)NCCNC(=O)/C=C/c2ccc(B(O)O)cc2)C(C)N)c2ccc(Cl)cc2)c1. The van der Waals surface area contributed by atoms with E-state index in [1.54, 1.807) is 49.6 Å². The fourth-order valence-electron chi connectivity index (χ4n) is 4.07. The Balaban J connectivity index is 1.63. The maximum atomic E-state index is 12.8. The number of nitrogens with two attached hydrogens (primary N) is 1. The molecule has 3 rings (SSSR count). The molecular formula is C31H36BClN4O5. The number of hydrogen-bond donors (Lipinski definition) is 5. The predicted molar refractivity (Wildman–Crippen MR) is 168 cm³/mol. The molecule has 0 aliphatic carbocycles. The number of halogens is 1. The second kappa shape index (κ2) is 15.9. The van der Waals surface area contributed by atoms with Crippen LogP contribution in [0.5, 0.6) is 5.75 Å². The van der Waals surface area contributed by atoms with Crippen molar-refractivity contribution in [3.05, 3.63) is 100 Å². The third-order valence-electron chi connectivity index (χ3n) is 6.52. The summed E-state index contributed by atoms with van der Waals surface area (Å²) in [6, 6.07) is 18.6. The number of rotatable bonds is 13. The molecule has 0 aliphatic rings. The summed E-state index contributed by atoms with van der Waals surface area (Å²) in [7, 11) is 0.0605. The van der Waals surface area contributed by atoms with E-state index < -0.39 is 19.2 Å². The molecule has 0 fully saturated rings. The second-order valence-corrected chi connectivity index (χ2v) is 10.2. The summed E-state index contributed by atoms with van der Waals surface area (Å²) in [5.41, 5.74) is 10.7. The highest BCUT2D eigenvalue weighted by Gasteiger charge is 2.20. The van der Waals surface area contributed by atoms with E-state index in [-0.39, 0.29) is 31.3 Å². The van der Waals surface area contributed by atoms with E-state index in [0.717, 1.165) is 22.3 Å². The summed E-state index contributed by atoms with van der Waals surface area (Å²) >= 11 is 6.13. The van der Waals surface area contributed by atoms with Gasteiger partial charge in [-0.05, 0) is 60.8 Å². The number of nitrogens with one attached hydrogen (secondary N) is 2. The minimum absolute atomic E-state index is 0.0597. The largest absolute Gasteiger partial charge is 0.497 e. The van der Waals surface area contributed by atoms with Gasteiger partial charge in [0.15, 0.2) is 0 Å². The van der Waals surface area contributed by atoms with Crippen LogP contribution in [-0.2, 0) is 9.59 Å². The molecule has 0 bridgehead atoms. The van der Waals surface area contributed by atoms with E-state index in [0.29, 0.717) is 21.9 Å². The standard InChI is InChI=1S/C31H36BClN4O5/c1-20-4-14-26(42-3)18-27(20)31(23-8-12-25(33)13-9-23)37-28(21(2)34)19-30(39)36-17-16-35-29(38)15-7-22-5-10-24(11-6-22)32(40)41/h4-15,18,21,28,40-41H,16-17,19,34H2,1-3H3,(H,35,38)(H,36,39)/b15-7+,37-31?/t21?,28-/m0/s1. The molecule has 0 spiro atoms. The maximum absolute atomic E-state index is 12.8.